The molecule has 2 unspecified atom stereocenters. The Labute approximate surface area is 387 Å². The Balaban J connectivity index is 3.44. The summed E-state index contributed by atoms with van der Waals surface area (Å²) in [6.07, 6.45) is 60.5. The van der Waals surface area contributed by atoms with E-state index in [0.717, 1.165) is 64.2 Å². The van der Waals surface area contributed by atoms with Crippen LogP contribution in [0.5, 0.6) is 0 Å². The van der Waals surface area contributed by atoms with Crippen molar-refractivity contribution in [1.29, 1.82) is 0 Å². The molecule has 0 rings (SSSR count). The van der Waals surface area contributed by atoms with E-state index in [4.69, 9.17) is 4.74 Å². The van der Waals surface area contributed by atoms with Crippen molar-refractivity contribution >= 4 is 11.9 Å². The van der Waals surface area contributed by atoms with Gasteiger partial charge in [0.15, 0.2) is 0 Å². The van der Waals surface area contributed by atoms with E-state index < -0.39 is 12.1 Å². The Kier molecular flexibility index (Phi) is 51.0. The van der Waals surface area contributed by atoms with Gasteiger partial charge in [-0.1, -0.05) is 257 Å². The first-order valence-corrected chi connectivity index (χ1v) is 27.9. The van der Waals surface area contributed by atoms with Gasteiger partial charge in [-0.15, -0.1) is 0 Å². The van der Waals surface area contributed by atoms with Gasteiger partial charge in [-0.3, -0.25) is 9.59 Å². The SMILES string of the molecule is CCCCCCCCCCCCCCCCCCC(=O)OCCCCCCCCC/C=C\CCCCCCCC(=O)NC(CO)C(O)CCCCCCCCCCCCCCC. The summed E-state index contributed by atoms with van der Waals surface area (Å²) < 4.78 is 5.48. The van der Waals surface area contributed by atoms with Gasteiger partial charge in [-0.25, -0.2) is 0 Å². The fourth-order valence-corrected chi connectivity index (χ4v) is 8.75. The van der Waals surface area contributed by atoms with Gasteiger partial charge in [0.25, 0.3) is 0 Å². The van der Waals surface area contributed by atoms with Crippen molar-refractivity contribution in [2.75, 3.05) is 13.2 Å². The van der Waals surface area contributed by atoms with Gasteiger partial charge in [0, 0.05) is 12.8 Å². The highest BCUT2D eigenvalue weighted by molar-refractivity contribution is 5.76. The molecule has 0 fully saturated rings. The summed E-state index contributed by atoms with van der Waals surface area (Å²) in [4.78, 5) is 24.5. The summed E-state index contributed by atoms with van der Waals surface area (Å²) in [6, 6.07) is -0.552. The molecule has 0 heterocycles. The van der Waals surface area contributed by atoms with Crippen LogP contribution in [0.4, 0.5) is 0 Å². The Morgan fingerprint density at radius 2 is 0.758 bits per heavy atom. The van der Waals surface area contributed by atoms with Gasteiger partial charge in [0.2, 0.25) is 5.91 Å². The molecule has 3 N–H and O–H groups in total. The van der Waals surface area contributed by atoms with E-state index in [9.17, 15) is 19.8 Å². The van der Waals surface area contributed by atoms with Crippen LogP contribution in [-0.2, 0) is 14.3 Å². The second-order valence-corrected chi connectivity index (χ2v) is 19.3. The van der Waals surface area contributed by atoms with Crippen LogP contribution in [-0.4, -0.2) is 47.4 Å². The first kappa shape index (κ1) is 60.6. The van der Waals surface area contributed by atoms with Crippen molar-refractivity contribution in [3.8, 4) is 0 Å². The quantitative estimate of drug-likeness (QED) is 0.0321. The lowest BCUT2D eigenvalue weighted by Crippen LogP contribution is -2.45. The standard InChI is InChI=1S/C56H109NO5/c1-3-5-7-9-11-13-15-17-18-22-26-30-34-38-42-46-50-56(61)62-51-47-43-39-35-31-27-23-20-19-21-25-29-33-37-41-45-49-55(60)57-53(52-58)54(59)48-44-40-36-32-28-24-16-14-12-10-8-6-4-2/h19,21,53-54,58-59H,3-18,20,22-52H2,1-2H3,(H,57,60)/b21-19-. The van der Waals surface area contributed by atoms with Crippen molar-refractivity contribution in [2.24, 2.45) is 0 Å². The fraction of sp³-hybridized carbons (Fsp3) is 0.929. The van der Waals surface area contributed by atoms with Crippen molar-refractivity contribution in [3.05, 3.63) is 12.2 Å². The Morgan fingerprint density at radius 1 is 0.435 bits per heavy atom. The molecule has 0 aliphatic carbocycles. The lowest BCUT2D eigenvalue weighted by Gasteiger charge is -2.22. The maximum Gasteiger partial charge on any atom is 0.305 e. The van der Waals surface area contributed by atoms with E-state index in [1.807, 2.05) is 0 Å². The molecule has 6 nitrogen and oxygen atoms in total. The molecule has 0 aliphatic rings. The molecule has 0 spiro atoms. The van der Waals surface area contributed by atoms with E-state index in [0.29, 0.717) is 25.9 Å². The summed E-state index contributed by atoms with van der Waals surface area (Å²) in [5.41, 5.74) is 0. The number of unbranched alkanes of at least 4 members (excludes halogenated alkanes) is 39. The van der Waals surface area contributed by atoms with Crippen LogP contribution >= 0.6 is 0 Å². The van der Waals surface area contributed by atoms with Gasteiger partial charge in [0.1, 0.15) is 0 Å². The molecule has 0 aromatic carbocycles. The highest BCUT2D eigenvalue weighted by Gasteiger charge is 2.20. The minimum absolute atomic E-state index is 0.000966. The average molecular weight is 876 g/mol. The number of hydrogen-bond acceptors (Lipinski definition) is 5. The summed E-state index contributed by atoms with van der Waals surface area (Å²) >= 11 is 0. The smallest absolute Gasteiger partial charge is 0.305 e. The topological polar surface area (TPSA) is 95.9 Å². The number of allylic oxidation sites excluding steroid dienone is 2. The van der Waals surface area contributed by atoms with E-state index in [1.165, 1.54) is 212 Å². The van der Waals surface area contributed by atoms with Gasteiger partial charge >= 0.3 is 5.97 Å². The van der Waals surface area contributed by atoms with Crippen LogP contribution < -0.4 is 5.32 Å². The molecule has 1 amide bonds. The zero-order valence-electron chi connectivity index (χ0n) is 41.9. The molecule has 0 aromatic heterocycles. The van der Waals surface area contributed by atoms with E-state index >= 15 is 0 Å². The number of aliphatic hydroxyl groups excluding tert-OH is 2. The molecule has 62 heavy (non-hydrogen) atoms. The fourth-order valence-electron chi connectivity index (χ4n) is 8.75. The molecule has 0 radical (unpaired) electrons. The highest BCUT2D eigenvalue weighted by Crippen LogP contribution is 2.17. The molecule has 0 aliphatic heterocycles. The number of rotatable bonds is 52. The molecule has 0 bridgehead atoms. The Morgan fingerprint density at radius 3 is 1.15 bits per heavy atom. The first-order valence-electron chi connectivity index (χ1n) is 27.9. The number of nitrogens with one attached hydrogen (secondary N) is 1. The third kappa shape index (κ3) is 48.1. The number of aliphatic hydroxyl groups is 2. The van der Waals surface area contributed by atoms with Crippen molar-refractivity contribution in [3.63, 3.8) is 0 Å². The van der Waals surface area contributed by atoms with Gasteiger partial charge < -0.3 is 20.3 Å². The number of amides is 1. The summed E-state index contributed by atoms with van der Waals surface area (Å²) in [6.45, 7) is 4.94. The van der Waals surface area contributed by atoms with Crippen LogP contribution in [0.2, 0.25) is 0 Å². The third-order valence-corrected chi connectivity index (χ3v) is 13.1. The third-order valence-electron chi connectivity index (χ3n) is 13.1. The molecule has 2 atom stereocenters. The van der Waals surface area contributed by atoms with Crippen molar-refractivity contribution in [1.82, 2.24) is 5.32 Å². The predicted octanol–water partition coefficient (Wildman–Crippen LogP) is 16.9. The lowest BCUT2D eigenvalue weighted by molar-refractivity contribution is -0.143. The molecule has 6 heteroatoms. The molecular formula is C56H109NO5. The number of esters is 1. The minimum atomic E-state index is -0.673. The van der Waals surface area contributed by atoms with Crippen molar-refractivity contribution < 1.29 is 24.5 Å². The maximum absolute atomic E-state index is 12.4. The minimum Gasteiger partial charge on any atom is -0.466 e. The predicted molar refractivity (Wildman–Crippen MR) is 269 cm³/mol. The Bertz CT molecular complexity index is 924. The largest absolute Gasteiger partial charge is 0.466 e. The summed E-state index contributed by atoms with van der Waals surface area (Å²) in [7, 11) is 0. The molecular weight excluding hydrogens is 767 g/mol. The average Bonchev–Trinajstić information content (AvgIpc) is 3.27. The molecule has 0 aromatic rings. The van der Waals surface area contributed by atoms with Gasteiger partial charge in [-0.05, 0) is 51.4 Å². The monoisotopic (exact) mass is 876 g/mol. The molecule has 0 saturated heterocycles. The van der Waals surface area contributed by atoms with Crippen molar-refractivity contribution in [2.45, 2.75) is 321 Å². The normalized spacial score (nSPS) is 12.6. The maximum atomic E-state index is 12.4. The summed E-state index contributed by atoms with van der Waals surface area (Å²) in [5.74, 6) is -0.0501. The number of carbonyl (C=O) groups excluding carboxylic acids is 2. The van der Waals surface area contributed by atoms with Gasteiger partial charge in [-0.2, -0.15) is 0 Å². The van der Waals surface area contributed by atoms with Crippen LogP contribution in [0, 0.1) is 0 Å². The van der Waals surface area contributed by atoms with Crippen LogP contribution in [0.15, 0.2) is 12.2 Å². The number of carbonyl (C=O) groups is 2. The number of ether oxygens (including phenoxy) is 1. The zero-order chi connectivity index (χ0) is 45.1. The highest BCUT2D eigenvalue weighted by atomic mass is 16.5. The van der Waals surface area contributed by atoms with E-state index in [1.54, 1.807) is 0 Å². The van der Waals surface area contributed by atoms with E-state index in [2.05, 4.69) is 31.3 Å². The van der Waals surface area contributed by atoms with Crippen LogP contribution in [0.3, 0.4) is 0 Å². The van der Waals surface area contributed by atoms with E-state index in [-0.39, 0.29) is 18.5 Å². The van der Waals surface area contributed by atoms with Gasteiger partial charge in [0.05, 0.1) is 25.4 Å². The lowest BCUT2D eigenvalue weighted by atomic mass is 10.0. The Hall–Kier alpha value is -1.40. The van der Waals surface area contributed by atoms with Crippen LogP contribution in [0.1, 0.15) is 309 Å². The molecule has 368 valence electrons. The van der Waals surface area contributed by atoms with Crippen LogP contribution in [0.25, 0.3) is 0 Å². The second kappa shape index (κ2) is 52.2. The second-order valence-electron chi connectivity index (χ2n) is 19.3. The molecule has 0 saturated carbocycles. The zero-order valence-corrected chi connectivity index (χ0v) is 41.9. The summed E-state index contributed by atoms with van der Waals surface area (Å²) in [5, 5.41) is 23.2. The number of hydrogen-bond donors (Lipinski definition) is 3. The first-order chi connectivity index (χ1) is 30.5.